The third-order valence-electron chi connectivity index (χ3n) is 8.53. The number of nitrogens with zero attached hydrogens (tertiary/aromatic N) is 2. The van der Waals surface area contributed by atoms with Crippen molar-refractivity contribution < 1.29 is 31.8 Å². The van der Waals surface area contributed by atoms with Crippen molar-refractivity contribution in [2.75, 3.05) is 6.54 Å². The molecule has 4 atom stereocenters. The molecule has 0 N–H and O–H groups in total. The highest BCUT2D eigenvalue weighted by Gasteiger charge is 2.62. The molecule has 2 bridgehead atoms. The lowest BCUT2D eigenvalue weighted by Gasteiger charge is -2.31. The Morgan fingerprint density at radius 3 is 2.09 bits per heavy atom. The fourth-order valence-corrected chi connectivity index (χ4v) is 7.89. The van der Waals surface area contributed by atoms with Gasteiger partial charge in [0, 0.05) is 10.6 Å². The topological polar surface area (TPSA) is 118 Å². The van der Waals surface area contributed by atoms with Crippen molar-refractivity contribution in [2.24, 2.45) is 23.7 Å². The number of aryl methyl sites for hydroxylation is 1. The molecule has 0 unspecified atom stereocenters. The molecule has 3 aromatic carbocycles. The predicted molar refractivity (Wildman–Crippen MR) is 157 cm³/mol. The molecule has 9 nitrogen and oxygen atoms in total. The van der Waals surface area contributed by atoms with Crippen LogP contribution in [0.1, 0.15) is 45.5 Å². The van der Waals surface area contributed by atoms with E-state index in [9.17, 15) is 27.6 Å². The number of imide groups is 1. The lowest BCUT2D eigenvalue weighted by molar-refractivity contribution is -0.155. The molecule has 0 aromatic heterocycles. The summed E-state index contributed by atoms with van der Waals surface area (Å²) in [6.45, 7) is 1.20. The van der Waals surface area contributed by atoms with E-state index in [0.29, 0.717) is 0 Å². The Hall–Kier alpha value is -3.73. The lowest BCUT2D eigenvalue weighted by Crippen LogP contribution is -2.52. The number of hydrazine groups is 1. The van der Waals surface area contributed by atoms with E-state index < -0.39 is 52.0 Å². The van der Waals surface area contributed by atoms with Gasteiger partial charge in [-0.1, -0.05) is 40.9 Å². The van der Waals surface area contributed by atoms with Gasteiger partial charge in [-0.05, 0) is 92.6 Å². The smallest absolute Gasteiger partial charge is 0.339 e. The van der Waals surface area contributed by atoms with E-state index >= 15 is 0 Å². The first-order chi connectivity index (χ1) is 20.4. The molecule has 3 aliphatic rings. The summed E-state index contributed by atoms with van der Waals surface area (Å²) in [6, 6.07) is 15.7. The van der Waals surface area contributed by atoms with Gasteiger partial charge in [-0.15, -0.1) is 0 Å². The molecule has 43 heavy (non-hydrogen) atoms. The average molecular weight is 642 g/mol. The standard InChI is InChI=1S/C31H26Cl2N2O7S/c1-17-2-11-23(12-3-17)43(40,41)42-22-9-6-18(7-10-22)26(36)16-34(29(37)24-13-8-21(32)15-25(24)33)35-30(38)27-19-4-5-20(14-19)28(27)31(35)39/h2-3,6-13,15,19-20,27-28H,4-5,14,16H2,1H3/t19-,20-,27-,28-/m0/s1. The van der Waals surface area contributed by atoms with Crippen molar-refractivity contribution in [3.8, 4) is 5.75 Å². The molecule has 12 heteroatoms. The molecule has 0 spiro atoms. The third-order valence-corrected chi connectivity index (χ3v) is 10.3. The minimum Gasteiger partial charge on any atom is -0.379 e. The van der Waals surface area contributed by atoms with Crippen LogP contribution in [0.3, 0.4) is 0 Å². The molecule has 1 aliphatic heterocycles. The van der Waals surface area contributed by atoms with E-state index in [0.717, 1.165) is 34.8 Å². The van der Waals surface area contributed by atoms with Gasteiger partial charge in [0.2, 0.25) is 0 Å². The number of benzene rings is 3. The van der Waals surface area contributed by atoms with E-state index in [1.54, 1.807) is 12.1 Å². The Labute approximate surface area is 258 Å². The normalized spacial score (nSPS) is 22.5. The largest absolute Gasteiger partial charge is 0.379 e. The van der Waals surface area contributed by atoms with Crippen LogP contribution in [-0.4, -0.2) is 48.5 Å². The van der Waals surface area contributed by atoms with Gasteiger partial charge in [0.05, 0.1) is 22.4 Å². The van der Waals surface area contributed by atoms with E-state index in [1.165, 1.54) is 54.6 Å². The summed E-state index contributed by atoms with van der Waals surface area (Å²) < 4.78 is 30.5. The Morgan fingerprint density at radius 2 is 1.51 bits per heavy atom. The Morgan fingerprint density at radius 1 is 0.907 bits per heavy atom. The quantitative estimate of drug-likeness (QED) is 0.185. The van der Waals surface area contributed by atoms with Crippen LogP contribution >= 0.6 is 23.2 Å². The molecule has 0 radical (unpaired) electrons. The average Bonchev–Trinajstić information content (AvgIpc) is 3.65. The summed E-state index contributed by atoms with van der Waals surface area (Å²) in [5.41, 5.74) is 0.976. The minimum absolute atomic E-state index is 0.00518. The molecule has 1 heterocycles. The fraction of sp³-hybridized carbons (Fsp3) is 0.290. The van der Waals surface area contributed by atoms with Crippen LogP contribution in [0.5, 0.6) is 5.75 Å². The van der Waals surface area contributed by atoms with E-state index in [-0.39, 0.29) is 43.7 Å². The predicted octanol–water partition coefficient (Wildman–Crippen LogP) is 5.34. The number of carbonyl (C=O) groups is 4. The zero-order valence-corrected chi connectivity index (χ0v) is 25.2. The number of halogens is 2. The number of Topliss-reactive ketones (excluding diaryl/α,β-unsaturated/α-hetero) is 1. The third kappa shape index (κ3) is 5.32. The second kappa shape index (κ2) is 11.1. The zero-order chi connectivity index (χ0) is 30.6. The SMILES string of the molecule is Cc1ccc(S(=O)(=O)Oc2ccc(C(=O)CN(C(=O)c3ccc(Cl)cc3Cl)N3C(=O)[C@H]4[C@H]5CC[C@@H](C5)[C@@H]4C3=O)cc2)cc1. The molecule has 3 aromatic rings. The van der Waals surface area contributed by atoms with Crippen LogP contribution in [0, 0.1) is 30.6 Å². The Balaban J connectivity index is 1.26. The number of amides is 3. The Kier molecular flexibility index (Phi) is 7.56. The molecule has 222 valence electrons. The van der Waals surface area contributed by atoms with Gasteiger partial charge in [-0.2, -0.15) is 13.4 Å². The molecular weight excluding hydrogens is 615 g/mol. The number of carbonyl (C=O) groups excluding carboxylic acids is 4. The molecule has 1 saturated heterocycles. The van der Waals surface area contributed by atoms with Crippen LogP contribution in [0.4, 0.5) is 0 Å². The summed E-state index contributed by atoms with van der Waals surface area (Å²) >= 11 is 12.3. The maximum atomic E-state index is 13.8. The van der Waals surface area contributed by atoms with Crippen LogP contribution in [0.2, 0.25) is 10.0 Å². The molecular formula is C31H26Cl2N2O7S. The fourth-order valence-electron chi connectivity index (χ4n) is 6.47. The van der Waals surface area contributed by atoms with Crippen molar-refractivity contribution in [1.82, 2.24) is 10.0 Å². The zero-order valence-electron chi connectivity index (χ0n) is 22.9. The number of ketones is 1. The second-order valence-corrected chi connectivity index (χ2v) is 13.5. The van der Waals surface area contributed by atoms with Crippen molar-refractivity contribution >= 4 is 56.8 Å². The van der Waals surface area contributed by atoms with Crippen molar-refractivity contribution in [2.45, 2.75) is 31.1 Å². The first-order valence-corrected chi connectivity index (χ1v) is 15.9. The van der Waals surface area contributed by atoms with Gasteiger partial charge in [0.1, 0.15) is 17.2 Å². The summed E-state index contributed by atoms with van der Waals surface area (Å²) in [7, 11) is -4.11. The summed E-state index contributed by atoms with van der Waals surface area (Å²) in [5.74, 6) is -3.25. The van der Waals surface area contributed by atoms with Crippen LogP contribution in [0.25, 0.3) is 0 Å². The molecule has 3 fully saturated rings. The van der Waals surface area contributed by atoms with Crippen molar-refractivity contribution in [3.63, 3.8) is 0 Å². The first-order valence-electron chi connectivity index (χ1n) is 13.7. The highest BCUT2D eigenvalue weighted by Crippen LogP contribution is 2.56. The van der Waals surface area contributed by atoms with Gasteiger partial charge >= 0.3 is 10.1 Å². The Bertz CT molecular complexity index is 1730. The monoisotopic (exact) mass is 640 g/mol. The molecule has 2 aliphatic carbocycles. The maximum Gasteiger partial charge on any atom is 0.339 e. The van der Waals surface area contributed by atoms with E-state index in [2.05, 4.69) is 0 Å². The summed E-state index contributed by atoms with van der Waals surface area (Å²) in [6.07, 6.45) is 2.51. The molecule has 3 amide bonds. The highest BCUT2D eigenvalue weighted by atomic mass is 35.5. The van der Waals surface area contributed by atoms with Gasteiger partial charge in [-0.3, -0.25) is 19.2 Å². The number of rotatable bonds is 8. The number of fused-ring (bicyclic) bond motifs is 5. The van der Waals surface area contributed by atoms with Gasteiger partial charge in [-0.25, -0.2) is 5.01 Å². The maximum absolute atomic E-state index is 13.8. The number of hydrogen-bond donors (Lipinski definition) is 0. The van der Waals surface area contributed by atoms with E-state index in [1.807, 2.05) is 6.92 Å². The van der Waals surface area contributed by atoms with Gasteiger partial charge in [0.25, 0.3) is 17.7 Å². The molecule has 2 saturated carbocycles. The van der Waals surface area contributed by atoms with E-state index in [4.69, 9.17) is 27.4 Å². The van der Waals surface area contributed by atoms with Crippen LogP contribution in [-0.2, 0) is 19.7 Å². The van der Waals surface area contributed by atoms with Crippen LogP contribution < -0.4 is 4.18 Å². The molecule has 6 rings (SSSR count). The van der Waals surface area contributed by atoms with Gasteiger partial charge < -0.3 is 4.18 Å². The van der Waals surface area contributed by atoms with Crippen molar-refractivity contribution in [1.29, 1.82) is 0 Å². The second-order valence-electron chi connectivity index (χ2n) is 11.2. The summed E-state index contributed by atoms with van der Waals surface area (Å²) in [4.78, 5) is 54.5. The first kappa shape index (κ1) is 29.3. The summed E-state index contributed by atoms with van der Waals surface area (Å²) in [5, 5.41) is 1.99. The number of hydrogen-bond acceptors (Lipinski definition) is 7. The minimum atomic E-state index is -4.11. The highest BCUT2D eigenvalue weighted by molar-refractivity contribution is 7.87. The van der Waals surface area contributed by atoms with Crippen LogP contribution in [0.15, 0.2) is 71.6 Å². The lowest BCUT2D eigenvalue weighted by atomic mass is 9.81. The van der Waals surface area contributed by atoms with Crippen molar-refractivity contribution in [3.05, 3.63) is 93.5 Å². The van der Waals surface area contributed by atoms with Gasteiger partial charge in [0.15, 0.2) is 5.78 Å².